The standard InChI is InChI=1S/C21H24N6O3/c1-14(2)18(13-28)25-21-24-17(15-7-9-22-10-8-15)11-20(26-21)23-12-16-5-3-4-6-19(16)27(29)30/h3-11,14,18,28H,12-13H2,1-2H3,(H2,23,24,25,26)/t18-/m0/s1. The van der Waals surface area contributed by atoms with E-state index in [0.29, 0.717) is 23.0 Å². The number of nitro benzene ring substituents is 1. The van der Waals surface area contributed by atoms with Crippen molar-refractivity contribution < 1.29 is 10.0 Å². The molecule has 3 rings (SSSR count). The number of anilines is 2. The number of aromatic nitrogens is 3. The summed E-state index contributed by atoms with van der Waals surface area (Å²) in [5.74, 6) is 1.05. The predicted octanol–water partition coefficient (Wildman–Crippen LogP) is 3.49. The SMILES string of the molecule is CC(C)[C@H](CO)Nc1nc(NCc2ccccc2[N+](=O)[O-])cc(-c2ccncc2)n1. The third kappa shape index (κ3) is 5.26. The first-order chi connectivity index (χ1) is 14.5. The molecule has 3 aromatic rings. The fourth-order valence-electron chi connectivity index (χ4n) is 2.89. The second-order valence-corrected chi connectivity index (χ2v) is 7.11. The number of pyridine rings is 1. The lowest BCUT2D eigenvalue weighted by molar-refractivity contribution is -0.385. The zero-order chi connectivity index (χ0) is 21.5. The minimum atomic E-state index is -0.402. The zero-order valence-electron chi connectivity index (χ0n) is 16.8. The summed E-state index contributed by atoms with van der Waals surface area (Å²) in [6.07, 6.45) is 3.35. The molecule has 9 nitrogen and oxygen atoms in total. The average molecular weight is 408 g/mol. The van der Waals surface area contributed by atoms with Crippen LogP contribution in [0.15, 0.2) is 54.9 Å². The van der Waals surface area contributed by atoms with E-state index in [9.17, 15) is 15.2 Å². The van der Waals surface area contributed by atoms with E-state index in [4.69, 9.17) is 0 Å². The summed E-state index contributed by atoms with van der Waals surface area (Å²) < 4.78 is 0. The number of nitrogens with zero attached hydrogens (tertiary/aromatic N) is 4. The van der Waals surface area contributed by atoms with Gasteiger partial charge in [0.25, 0.3) is 5.69 Å². The second-order valence-electron chi connectivity index (χ2n) is 7.11. The number of benzene rings is 1. The molecule has 1 aromatic carbocycles. The number of rotatable bonds is 9. The lowest BCUT2D eigenvalue weighted by Crippen LogP contribution is -2.30. The van der Waals surface area contributed by atoms with Gasteiger partial charge in [0, 0.05) is 42.2 Å². The van der Waals surface area contributed by atoms with Crippen LogP contribution in [0.3, 0.4) is 0 Å². The molecule has 1 atom stereocenters. The highest BCUT2D eigenvalue weighted by Gasteiger charge is 2.16. The average Bonchev–Trinajstić information content (AvgIpc) is 2.76. The monoisotopic (exact) mass is 408 g/mol. The largest absolute Gasteiger partial charge is 0.394 e. The molecule has 9 heteroatoms. The number of nitro groups is 1. The van der Waals surface area contributed by atoms with E-state index in [1.165, 1.54) is 6.07 Å². The van der Waals surface area contributed by atoms with Crippen molar-refractivity contribution in [2.75, 3.05) is 17.2 Å². The van der Waals surface area contributed by atoms with Gasteiger partial charge in [-0.3, -0.25) is 15.1 Å². The number of hydrogen-bond acceptors (Lipinski definition) is 8. The topological polar surface area (TPSA) is 126 Å². The van der Waals surface area contributed by atoms with Crippen molar-refractivity contribution in [1.29, 1.82) is 0 Å². The number of hydrogen-bond donors (Lipinski definition) is 3. The second kappa shape index (κ2) is 9.75. The molecule has 0 radical (unpaired) electrons. The third-order valence-electron chi connectivity index (χ3n) is 4.67. The Labute approximate surface area is 174 Å². The molecule has 0 bridgehead atoms. The Morgan fingerprint density at radius 2 is 1.87 bits per heavy atom. The van der Waals surface area contributed by atoms with Crippen LogP contribution in [0.1, 0.15) is 19.4 Å². The Hall–Kier alpha value is -3.59. The van der Waals surface area contributed by atoms with Crippen LogP contribution in [0.4, 0.5) is 17.5 Å². The number of aliphatic hydroxyl groups excluding tert-OH is 1. The van der Waals surface area contributed by atoms with Crippen LogP contribution in [-0.4, -0.2) is 37.6 Å². The lowest BCUT2D eigenvalue weighted by Gasteiger charge is -2.20. The van der Waals surface area contributed by atoms with Gasteiger partial charge in [0.2, 0.25) is 5.95 Å². The maximum Gasteiger partial charge on any atom is 0.274 e. The van der Waals surface area contributed by atoms with Crippen LogP contribution in [-0.2, 0) is 6.54 Å². The number of para-hydroxylation sites is 1. The molecule has 0 saturated carbocycles. The van der Waals surface area contributed by atoms with E-state index in [2.05, 4.69) is 25.6 Å². The van der Waals surface area contributed by atoms with Crippen molar-refractivity contribution in [2.45, 2.75) is 26.4 Å². The molecule has 0 unspecified atom stereocenters. The van der Waals surface area contributed by atoms with Crippen molar-refractivity contribution in [3.63, 3.8) is 0 Å². The molecule has 30 heavy (non-hydrogen) atoms. The maximum absolute atomic E-state index is 11.3. The minimum Gasteiger partial charge on any atom is -0.394 e. The fraction of sp³-hybridized carbons (Fsp3) is 0.286. The molecule has 0 aliphatic carbocycles. The molecule has 0 aliphatic heterocycles. The van der Waals surface area contributed by atoms with E-state index in [-0.39, 0.29) is 30.8 Å². The highest BCUT2D eigenvalue weighted by Crippen LogP contribution is 2.23. The summed E-state index contributed by atoms with van der Waals surface area (Å²) >= 11 is 0. The quantitative estimate of drug-likeness (QED) is 0.363. The normalized spacial score (nSPS) is 11.9. The van der Waals surface area contributed by atoms with Crippen LogP contribution in [0.5, 0.6) is 0 Å². The van der Waals surface area contributed by atoms with Gasteiger partial charge >= 0.3 is 0 Å². The Morgan fingerprint density at radius 3 is 2.53 bits per heavy atom. The van der Waals surface area contributed by atoms with Crippen molar-refractivity contribution in [3.8, 4) is 11.3 Å². The van der Waals surface area contributed by atoms with Gasteiger partial charge in [-0.05, 0) is 18.1 Å². The summed E-state index contributed by atoms with van der Waals surface area (Å²) in [6, 6.07) is 11.8. The Kier molecular flexibility index (Phi) is 6.87. The van der Waals surface area contributed by atoms with Gasteiger partial charge < -0.3 is 15.7 Å². The van der Waals surface area contributed by atoms with Crippen molar-refractivity contribution in [2.24, 2.45) is 5.92 Å². The smallest absolute Gasteiger partial charge is 0.274 e. The Morgan fingerprint density at radius 1 is 1.13 bits per heavy atom. The molecular formula is C21H24N6O3. The zero-order valence-corrected chi connectivity index (χ0v) is 16.8. The van der Waals surface area contributed by atoms with Gasteiger partial charge in [-0.1, -0.05) is 32.0 Å². The molecule has 2 heterocycles. The molecule has 0 amide bonds. The first kappa shape index (κ1) is 21.1. The van der Waals surface area contributed by atoms with Crippen molar-refractivity contribution in [1.82, 2.24) is 15.0 Å². The fourth-order valence-corrected chi connectivity index (χ4v) is 2.89. The molecule has 0 saturated heterocycles. The third-order valence-corrected chi connectivity index (χ3v) is 4.67. The van der Waals surface area contributed by atoms with Crippen LogP contribution < -0.4 is 10.6 Å². The molecule has 3 N–H and O–H groups in total. The first-order valence-corrected chi connectivity index (χ1v) is 9.61. The van der Waals surface area contributed by atoms with Gasteiger partial charge in [0.1, 0.15) is 5.82 Å². The summed E-state index contributed by atoms with van der Waals surface area (Å²) in [5.41, 5.74) is 2.12. The predicted molar refractivity (Wildman–Crippen MR) is 115 cm³/mol. The molecule has 0 aliphatic rings. The van der Waals surface area contributed by atoms with E-state index in [1.54, 1.807) is 36.7 Å². The van der Waals surface area contributed by atoms with Gasteiger partial charge in [0.05, 0.1) is 23.3 Å². The summed E-state index contributed by atoms with van der Waals surface area (Å²) in [5, 5.41) is 27.2. The number of nitrogens with one attached hydrogen (secondary N) is 2. The van der Waals surface area contributed by atoms with E-state index < -0.39 is 4.92 Å². The lowest BCUT2D eigenvalue weighted by atomic mass is 10.1. The van der Waals surface area contributed by atoms with Gasteiger partial charge in [-0.2, -0.15) is 4.98 Å². The molecular weight excluding hydrogens is 384 g/mol. The van der Waals surface area contributed by atoms with Crippen LogP contribution in [0, 0.1) is 16.0 Å². The van der Waals surface area contributed by atoms with Crippen LogP contribution in [0.25, 0.3) is 11.3 Å². The van der Waals surface area contributed by atoms with Gasteiger partial charge in [0.15, 0.2) is 0 Å². The summed E-state index contributed by atoms with van der Waals surface area (Å²) in [6.45, 7) is 4.17. The molecule has 2 aromatic heterocycles. The van der Waals surface area contributed by atoms with Crippen LogP contribution in [0.2, 0.25) is 0 Å². The van der Waals surface area contributed by atoms with Gasteiger partial charge in [-0.25, -0.2) is 4.98 Å². The van der Waals surface area contributed by atoms with Crippen molar-refractivity contribution in [3.05, 3.63) is 70.5 Å². The van der Waals surface area contributed by atoms with Crippen LogP contribution >= 0.6 is 0 Å². The van der Waals surface area contributed by atoms with Crippen molar-refractivity contribution >= 4 is 17.5 Å². The highest BCUT2D eigenvalue weighted by molar-refractivity contribution is 5.64. The first-order valence-electron chi connectivity index (χ1n) is 9.61. The number of aliphatic hydroxyl groups is 1. The maximum atomic E-state index is 11.3. The van der Waals surface area contributed by atoms with E-state index in [0.717, 1.165) is 5.56 Å². The summed E-state index contributed by atoms with van der Waals surface area (Å²) in [4.78, 5) is 23.9. The highest BCUT2D eigenvalue weighted by atomic mass is 16.6. The molecule has 0 spiro atoms. The van der Waals surface area contributed by atoms with E-state index in [1.807, 2.05) is 26.0 Å². The Balaban J connectivity index is 1.91. The molecule has 0 fully saturated rings. The van der Waals surface area contributed by atoms with E-state index >= 15 is 0 Å². The Bertz CT molecular complexity index is 997. The molecule has 156 valence electrons. The van der Waals surface area contributed by atoms with Gasteiger partial charge in [-0.15, -0.1) is 0 Å². The summed E-state index contributed by atoms with van der Waals surface area (Å²) in [7, 11) is 0. The minimum absolute atomic E-state index is 0.0481.